The summed E-state index contributed by atoms with van der Waals surface area (Å²) in [5.41, 5.74) is 7.92. The predicted octanol–water partition coefficient (Wildman–Crippen LogP) is 3.01. The molecular weight excluding hydrogens is 354 g/mol. The number of halogens is 1. The molecule has 0 atom stereocenters. The molecular formula is C19H24ClN3O3. The van der Waals surface area contributed by atoms with Crippen molar-refractivity contribution in [1.29, 1.82) is 0 Å². The number of benzene rings is 2. The van der Waals surface area contributed by atoms with Gasteiger partial charge in [-0.15, -0.1) is 0 Å². The van der Waals surface area contributed by atoms with Crippen molar-refractivity contribution in [2.45, 2.75) is 13.0 Å². The molecule has 3 N–H and O–H groups in total. The van der Waals surface area contributed by atoms with Crippen molar-refractivity contribution in [3.05, 3.63) is 52.5 Å². The van der Waals surface area contributed by atoms with Gasteiger partial charge in [-0.05, 0) is 41.8 Å². The van der Waals surface area contributed by atoms with Crippen LogP contribution in [-0.4, -0.2) is 33.8 Å². The van der Waals surface area contributed by atoms with Crippen LogP contribution in [0.4, 0.5) is 0 Å². The Bertz CT molecular complexity index is 766. The number of nitrogens with one attached hydrogen (secondary N) is 1. The van der Waals surface area contributed by atoms with Crippen molar-refractivity contribution in [1.82, 2.24) is 5.32 Å². The summed E-state index contributed by atoms with van der Waals surface area (Å²) in [4.78, 5) is 4.34. The van der Waals surface area contributed by atoms with Crippen LogP contribution in [0.2, 0.25) is 5.02 Å². The molecule has 2 rings (SSSR count). The Morgan fingerprint density at radius 2 is 1.81 bits per heavy atom. The Labute approximate surface area is 158 Å². The van der Waals surface area contributed by atoms with Gasteiger partial charge in [-0.25, -0.2) is 4.99 Å². The van der Waals surface area contributed by atoms with Crippen LogP contribution >= 0.6 is 11.6 Å². The third-order valence-corrected chi connectivity index (χ3v) is 4.19. The van der Waals surface area contributed by atoms with E-state index < -0.39 is 0 Å². The average Bonchev–Trinajstić information content (AvgIpc) is 2.67. The van der Waals surface area contributed by atoms with Crippen molar-refractivity contribution in [2.75, 3.05) is 27.9 Å². The summed E-state index contributed by atoms with van der Waals surface area (Å²) in [5.74, 6) is 2.47. The molecule has 0 aliphatic heterocycles. The quantitative estimate of drug-likeness (QED) is 0.546. The lowest BCUT2D eigenvalue weighted by Gasteiger charge is -2.10. The van der Waals surface area contributed by atoms with Crippen LogP contribution in [0.3, 0.4) is 0 Å². The number of ether oxygens (including phenoxy) is 3. The van der Waals surface area contributed by atoms with Crippen LogP contribution in [-0.2, 0) is 13.0 Å². The third kappa shape index (κ3) is 5.46. The maximum absolute atomic E-state index is 6.23. The minimum atomic E-state index is 0.379. The lowest BCUT2D eigenvalue weighted by atomic mass is 10.1. The van der Waals surface area contributed by atoms with E-state index in [1.165, 1.54) is 0 Å². The Hall–Kier alpha value is -2.60. The number of hydrogen-bond acceptors (Lipinski definition) is 4. The van der Waals surface area contributed by atoms with Crippen LogP contribution < -0.4 is 25.3 Å². The summed E-state index contributed by atoms with van der Waals surface area (Å²) in [7, 11) is 4.82. The van der Waals surface area contributed by atoms with Gasteiger partial charge in [0.2, 0.25) is 0 Å². The molecule has 0 unspecified atom stereocenters. The van der Waals surface area contributed by atoms with E-state index in [-0.39, 0.29) is 0 Å². The Balaban J connectivity index is 1.87. The van der Waals surface area contributed by atoms with Crippen LogP contribution in [0.15, 0.2) is 41.4 Å². The molecule has 0 aliphatic rings. The second-order valence-corrected chi connectivity index (χ2v) is 5.93. The maximum Gasteiger partial charge on any atom is 0.188 e. The van der Waals surface area contributed by atoms with Crippen LogP contribution in [0.5, 0.6) is 17.2 Å². The summed E-state index contributed by atoms with van der Waals surface area (Å²) in [6.45, 7) is 1.08. The number of nitrogens with two attached hydrogens (primary N) is 1. The lowest BCUT2D eigenvalue weighted by molar-refractivity contribution is 0.354. The second-order valence-electron chi connectivity index (χ2n) is 5.52. The molecule has 140 valence electrons. The van der Waals surface area contributed by atoms with E-state index in [1.54, 1.807) is 27.4 Å². The standard InChI is InChI=1S/C19H24ClN3O3/c1-24-15-6-5-14(16(20)11-15)8-9-22-19(21)23-12-13-4-7-17(25-2)18(10-13)26-3/h4-7,10-11H,8-9,12H2,1-3H3,(H3,21,22,23). The first-order valence-corrected chi connectivity index (χ1v) is 8.52. The molecule has 0 saturated heterocycles. The van der Waals surface area contributed by atoms with Gasteiger partial charge in [0.1, 0.15) is 5.75 Å². The Morgan fingerprint density at radius 3 is 2.46 bits per heavy atom. The number of rotatable bonds is 8. The zero-order valence-electron chi connectivity index (χ0n) is 15.2. The lowest BCUT2D eigenvalue weighted by Crippen LogP contribution is -2.33. The monoisotopic (exact) mass is 377 g/mol. The topological polar surface area (TPSA) is 78.1 Å². The summed E-state index contributed by atoms with van der Waals surface area (Å²) < 4.78 is 15.6. The first-order valence-electron chi connectivity index (χ1n) is 8.14. The van der Waals surface area contributed by atoms with Gasteiger partial charge >= 0.3 is 0 Å². The highest BCUT2D eigenvalue weighted by Crippen LogP contribution is 2.27. The van der Waals surface area contributed by atoms with Gasteiger partial charge in [0.25, 0.3) is 0 Å². The van der Waals surface area contributed by atoms with E-state index in [2.05, 4.69) is 10.3 Å². The van der Waals surface area contributed by atoms with Gasteiger partial charge in [0, 0.05) is 11.6 Å². The number of hydrogen-bond donors (Lipinski definition) is 2. The molecule has 6 nitrogen and oxygen atoms in total. The minimum Gasteiger partial charge on any atom is -0.497 e. The second kappa shape index (κ2) is 9.77. The SMILES string of the molecule is COc1ccc(CCNC(N)=NCc2ccc(OC)c(OC)c2)c(Cl)c1. The van der Waals surface area contributed by atoms with E-state index in [0.29, 0.717) is 35.6 Å². The smallest absolute Gasteiger partial charge is 0.188 e. The highest BCUT2D eigenvalue weighted by atomic mass is 35.5. The molecule has 26 heavy (non-hydrogen) atoms. The van der Waals surface area contributed by atoms with Gasteiger partial charge in [0.05, 0.1) is 27.9 Å². The van der Waals surface area contributed by atoms with Crippen LogP contribution in [0.25, 0.3) is 0 Å². The zero-order valence-corrected chi connectivity index (χ0v) is 16.0. The van der Waals surface area contributed by atoms with Gasteiger partial charge in [-0.1, -0.05) is 23.7 Å². The van der Waals surface area contributed by atoms with E-state index in [1.807, 2.05) is 30.3 Å². The van der Waals surface area contributed by atoms with Gasteiger partial charge in [0.15, 0.2) is 17.5 Å². The number of nitrogens with zero attached hydrogens (tertiary/aromatic N) is 1. The fraction of sp³-hybridized carbons (Fsp3) is 0.316. The summed E-state index contributed by atoms with van der Waals surface area (Å²) in [5, 5.41) is 3.76. The Kier molecular flexibility index (Phi) is 7.41. The molecule has 0 saturated carbocycles. The molecule has 0 radical (unpaired) electrons. The van der Waals surface area contributed by atoms with Crippen molar-refractivity contribution < 1.29 is 14.2 Å². The number of guanidine groups is 1. The number of aliphatic imine (C=N–C) groups is 1. The van der Waals surface area contributed by atoms with Gasteiger partial charge < -0.3 is 25.3 Å². The summed E-state index contributed by atoms with van der Waals surface area (Å²) >= 11 is 6.23. The van der Waals surface area contributed by atoms with Crippen LogP contribution in [0.1, 0.15) is 11.1 Å². The summed E-state index contributed by atoms with van der Waals surface area (Å²) in [6, 6.07) is 11.3. The molecule has 2 aromatic rings. The largest absolute Gasteiger partial charge is 0.497 e. The first-order chi connectivity index (χ1) is 12.6. The van der Waals surface area contributed by atoms with Gasteiger partial charge in [-0.2, -0.15) is 0 Å². The highest BCUT2D eigenvalue weighted by molar-refractivity contribution is 6.31. The summed E-state index contributed by atoms with van der Waals surface area (Å²) in [6.07, 6.45) is 0.732. The molecule has 0 heterocycles. The maximum atomic E-state index is 6.23. The fourth-order valence-corrected chi connectivity index (χ4v) is 2.66. The average molecular weight is 378 g/mol. The van der Waals surface area contributed by atoms with E-state index >= 15 is 0 Å². The predicted molar refractivity (Wildman–Crippen MR) is 105 cm³/mol. The van der Waals surface area contributed by atoms with E-state index in [0.717, 1.165) is 23.3 Å². The molecule has 2 aromatic carbocycles. The highest BCUT2D eigenvalue weighted by Gasteiger charge is 2.05. The molecule has 7 heteroatoms. The van der Waals surface area contributed by atoms with Crippen molar-refractivity contribution in [2.24, 2.45) is 10.7 Å². The molecule has 0 aromatic heterocycles. The van der Waals surface area contributed by atoms with E-state index in [9.17, 15) is 0 Å². The van der Waals surface area contributed by atoms with Crippen molar-refractivity contribution >= 4 is 17.6 Å². The molecule has 0 amide bonds. The first kappa shape index (κ1) is 19.7. The Morgan fingerprint density at radius 1 is 1.04 bits per heavy atom. The van der Waals surface area contributed by atoms with Gasteiger partial charge in [-0.3, -0.25) is 0 Å². The van der Waals surface area contributed by atoms with Crippen molar-refractivity contribution in [3.8, 4) is 17.2 Å². The molecule has 0 spiro atoms. The molecule has 0 fully saturated rings. The molecule has 0 aliphatic carbocycles. The fourth-order valence-electron chi connectivity index (χ4n) is 2.39. The molecule has 0 bridgehead atoms. The number of methoxy groups -OCH3 is 3. The minimum absolute atomic E-state index is 0.379. The van der Waals surface area contributed by atoms with Crippen LogP contribution in [0, 0.1) is 0 Å². The zero-order chi connectivity index (χ0) is 18.9. The third-order valence-electron chi connectivity index (χ3n) is 3.84. The van der Waals surface area contributed by atoms with E-state index in [4.69, 9.17) is 31.5 Å². The van der Waals surface area contributed by atoms with Crippen molar-refractivity contribution in [3.63, 3.8) is 0 Å². The normalized spacial score (nSPS) is 11.2.